The summed E-state index contributed by atoms with van der Waals surface area (Å²) in [6.07, 6.45) is 0.973. The quantitative estimate of drug-likeness (QED) is 0.710. The number of benzene rings is 1. The van der Waals surface area contributed by atoms with Crippen LogP contribution in [0.4, 0.5) is 0 Å². The number of carboxylic acids is 1. The first-order chi connectivity index (χ1) is 9.93. The molecule has 7 heteroatoms. The van der Waals surface area contributed by atoms with Crippen molar-refractivity contribution in [2.75, 3.05) is 6.54 Å². The van der Waals surface area contributed by atoms with E-state index in [-0.39, 0.29) is 6.54 Å². The van der Waals surface area contributed by atoms with Crippen LogP contribution in [0.5, 0.6) is 0 Å². The topological polar surface area (TPSA) is 95.5 Å². The van der Waals surface area contributed by atoms with Gasteiger partial charge in [-0.2, -0.15) is 0 Å². The Morgan fingerprint density at radius 1 is 1.24 bits per heavy atom. The fourth-order valence-electron chi connectivity index (χ4n) is 1.66. The Labute approximate surface area is 127 Å². The van der Waals surface area contributed by atoms with E-state index in [0.29, 0.717) is 23.4 Å². The lowest BCUT2D eigenvalue weighted by molar-refractivity contribution is -0.141. The van der Waals surface area contributed by atoms with Gasteiger partial charge in [-0.1, -0.05) is 24.9 Å². The minimum absolute atomic E-state index is 0.283. The Balaban J connectivity index is 2.46. The van der Waals surface area contributed by atoms with Crippen molar-refractivity contribution in [1.82, 2.24) is 10.6 Å². The van der Waals surface area contributed by atoms with Crippen LogP contribution in [0.15, 0.2) is 24.3 Å². The highest BCUT2D eigenvalue weighted by Crippen LogP contribution is 2.09. The van der Waals surface area contributed by atoms with Gasteiger partial charge >= 0.3 is 5.97 Å². The van der Waals surface area contributed by atoms with E-state index in [1.54, 1.807) is 12.1 Å². The second-order valence-electron chi connectivity index (χ2n) is 4.44. The maximum Gasteiger partial charge on any atom is 0.326 e. The van der Waals surface area contributed by atoms with Crippen molar-refractivity contribution in [1.29, 1.82) is 0 Å². The molecule has 1 aromatic carbocycles. The number of carboxylic acid groups (broad SMARTS) is 1. The van der Waals surface area contributed by atoms with Gasteiger partial charge in [-0.05, 0) is 30.7 Å². The van der Waals surface area contributed by atoms with E-state index >= 15 is 0 Å². The summed E-state index contributed by atoms with van der Waals surface area (Å²) in [5.74, 6) is -2.06. The monoisotopic (exact) mass is 312 g/mol. The summed E-state index contributed by atoms with van der Waals surface area (Å²) in [4.78, 5) is 34.3. The van der Waals surface area contributed by atoms with Gasteiger partial charge in [-0.15, -0.1) is 0 Å². The number of hydrogen-bond donors (Lipinski definition) is 3. The molecule has 0 radical (unpaired) electrons. The summed E-state index contributed by atoms with van der Waals surface area (Å²) in [7, 11) is 0. The number of halogens is 1. The molecule has 21 heavy (non-hydrogen) atoms. The van der Waals surface area contributed by atoms with Gasteiger partial charge in [0.05, 0.1) is 6.54 Å². The molecular formula is C14H17ClN2O4. The molecule has 0 aliphatic heterocycles. The van der Waals surface area contributed by atoms with Crippen LogP contribution in [0.3, 0.4) is 0 Å². The Morgan fingerprint density at radius 2 is 1.86 bits per heavy atom. The van der Waals surface area contributed by atoms with Crippen molar-refractivity contribution < 1.29 is 19.5 Å². The number of nitrogens with one attached hydrogen (secondary N) is 2. The number of aliphatic carboxylic acids is 1. The number of carbonyl (C=O) groups excluding carboxylic acids is 2. The molecular weight excluding hydrogens is 296 g/mol. The summed E-state index contributed by atoms with van der Waals surface area (Å²) >= 11 is 5.71. The first-order valence-electron chi connectivity index (χ1n) is 6.50. The molecule has 0 spiro atoms. The molecule has 2 amide bonds. The fraction of sp³-hybridized carbons (Fsp3) is 0.357. The molecule has 0 saturated heterocycles. The maximum atomic E-state index is 11.8. The van der Waals surface area contributed by atoms with Crippen LogP contribution in [-0.4, -0.2) is 35.5 Å². The Morgan fingerprint density at radius 3 is 2.38 bits per heavy atom. The van der Waals surface area contributed by atoms with Crippen LogP contribution in [0.2, 0.25) is 5.02 Å². The molecule has 1 atom stereocenters. The SMILES string of the molecule is CCCC(NC(=O)CNC(=O)c1ccc(Cl)cc1)C(=O)O. The van der Waals surface area contributed by atoms with Gasteiger partial charge in [0.1, 0.15) is 6.04 Å². The number of hydrogen-bond acceptors (Lipinski definition) is 3. The van der Waals surface area contributed by atoms with Crippen molar-refractivity contribution in [3.63, 3.8) is 0 Å². The number of rotatable bonds is 7. The predicted octanol–water partition coefficient (Wildman–Crippen LogP) is 1.44. The molecule has 0 fully saturated rings. The Hall–Kier alpha value is -2.08. The first-order valence-corrected chi connectivity index (χ1v) is 6.87. The van der Waals surface area contributed by atoms with Gasteiger partial charge in [-0.3, -0.25) is 9.59 Å². The lowest BCUT2D eigenvalue weighted by Crippen LogP contribution is -2.45. The summed E-state index contributed by atoms with van der Waals surface area (Å²) in [5.41, 5.74) is 0.371. The molecule has 1 unspecified atom stereocenters. The second kappa shape index (κ2) is 8.26. The summed E-state index contributed by atoms with van der Waals surface area (Å²) < 4.78 is 0. The van der Waals surface area contributed by atoms with E-state index < -0.39 is 23.8 Å². The van der Waals surface area contributed by atoms with Gasteiger partial charge < -0.3 is 15.7 Å². The van der Waals surface area contributed by atoms with E-state index in [0.717, 1.165) is 0 Å². The van der Waals surface area contributed by atoms with Crippen molar-refractivity contribution >= 4 is 29.4 Å². The molecule has 0 aliphatic carbocycles. The highest BCUT2D eigenvalue weighted by molar-refractivity contribution is 6.30. The van der Waals surface area contributed by atoms with Crippen molar-refractivity contribution in [3.8, 4) is 0 Å². The van der Waals surface area contributed by atoms with E-state index in [4.69, 9.17) is 16.7 Å². The second-order valence-corrected chi connectivity index (χ2v) is 4.87. The van der Waals surface area contributed by atoms with E-state index in [1.807, 2.05) is 6.92 Å². The average Bonchev–Trinajstić information content (AvgIpc) is 2.45. The highest BCUT2D eigenvalue weighted by Gasteiger charge is 2.18. The van der Waals surface area contributed by atoms with Crippen LogP contribution >= 0.6 is 11.6 Å². The summed E-state index contributed by atoms with van der Waals surface area (Å²) in [6.45, 7) is 1.54. The van der Waals surface area contributed by atoms with Gasteiger partial charge in [0.15, 0.2) is 0 Å². The molecule has 1 aromatic rings. The third-order valence-electron chi connectivity index (χ3n) is 2.73. The largest absolute Gasteiger partial charge is 0.480 e. The van der Waals surface area contributed by atoms with Crippen LogP contribution < -0.4 is 10.6 Å². The third-order valence-corrected chi connectivity index (χ3v) is 2.98. The molecule has 6 nitrogen and oxygen atoms in total. The first kappa shape index (κ1) is 17.0. The van der Waals surface area contributed by atoms with E-state index in [1.165, 1.54) is 12.1 Å². The third kappa shape index (κ3) is 5.83. The minimum atomic E-state index is -1.09. The molecule has 3 N–H and O–H groups in total. The number of carbonyl (C=O) groups is 3. The maximum absolute atomic E-state index is 11.8. The van der Waals surface area contributed by atoms with Crippen molar-refractivity contribution in [2.45, 2.75) is 25.8 Å². The Bertz CT molecular complexity index is 516. The zero-order valence-corrected chi connectivity index (χ0v) is 12.3. The van der Waals surface area contributed by atoms with E-state index in [9.17, 15) is 14.4 Å². The number of amides is 2. The summed E-state index contributed by atoms with van der Waals surface area (Å²) in [6, 6.07) is 5.27. The smallest absolute Gasteiger partial charge is 0.326 e. The van der Waals surface area contributed by atoms with E-state index in [2.05, 4.69) is 10.6 Å². The lowest BCUT2D eigenvalue weighted by Gasteiger charge is -2.13. The van der Waals surface area contributed by atoms with Gasteiger partial charge in [0.25, 0.3) is 5.91 Å². The summed E-state index contributed by atoms with van der Waals surface area (Å²) in [5, 5.41) is 14.2. The molecule has 0 saturated carbocycles. The predicted molar refractivity (Wildman–Crippen MR) is 78.3 cm³/mol. The van der Waals surface area contributed by atoms with Gasteiger partial charge in [0, 0.05) is 10.6 Å². The Kier molecular flexibility index (Phi) is 6.68. The van der Waals surface area contributed by atoms with Gasteiger partial charge in [0.2, 0.25) is 5.91 Å². The zero-order valence-electron chi connectivity index (χ0n) is 11.6. The van der Waals surface area contributed by atoms with Crippen molar-refractivity contribution in [3.05, 3.63) is 34.9 Å². The minimum Gasteiger partial charge on any atom is -0.480 e. The molecule has 114 valence electrons. The molecule has 0 heterocycles. The van der Waals surface area contributed by atoms with Crippen LogP contribution in [0.1, 0.15) is 30.1 Å². The molecule has 1 rings (SSSR count). The normalized spacial score (nSPS) is 11.5. The molecule has 0 aromatic heterocycles. The van der Waals surface area contributed by atoms with Crippen LogP contribution in [0, 0.1) is 0 Å². The van der Waals surface area contributed by atoms with Crippen molar-refractivity contribution in [2.24, 2.45) is 0 Å². The highest BCUT2D eigenvalue weighted by atomic mass is 35.5. The van der Waals surface area contributed by atoms with Crippen LogP contribution in [-0.2, 0) is 9.59 Å². The molecule has 0 aliphatic rings. The molecule has 0 bridgehead atoms. The standard InChI is InChI=1S/C14H17ClN2O4/c1-2-3-11(14(20)21)17-12(18)8-16-13(19)9-4-6-10(15)7-5-9/h4-7,11H,2-3,8H2,1H3,(H,16,19)(H,17,18)(H,20,21). The lowest BCUT2D eigenvalue weighted by atomic mass is 10.1. The van der Waals surface area contributed by atoms with Gasteiger partial charge in [-0.25, -0.2) is 4.79 Å². The zero-order chi connectivity index (χ0) is 15.8. The average molecular weight is 313 g/mol. The van der Waals surface area contributed by atoms with Crippen LogP contribution in [0.25, 0.3) is 0 Å². The fourth-order valence-corrected chi connectivity index (χ4v) is 1.78.